The minimum absolute atomic E-state index is 0.0991. The molecule has 0 saturated heterocycles. The molecule has 3 amide bonds. The van der Waals surface area contributed by atoms with Crippen LogP contribution < -0.4 is 21.7 Å². The van der Waals surface area contributed by atoms with Gasteiger partial charge in [-0.2, -0.15) is 0 Å². The Bertz CT molecular complexity index is 524. The van der Waals surface area contributed by atoms with E-state index in [1.807, 2.05) is 12.1 Å². The third-order valence-electron chi connectivity index (χ3n) is 4.28. The van der Waals surface area contributed by atoms with Crippen LogP contribution in [0.5, 0.6) is 0 Å². The lowest BCUT2D eigenvalue weighted by Crippen LogP contribution is -2.42. The average Bonchev–Trinajstić information content (AvgIpc) is 2.61. The Kier molecular flexibility index (Phi) is 7.55. The molecule has 6 heteroatoms. The fraction of sp³-hybridized carbons (Fsp3) is 0.556. The lowest BCUT2D eigenvalue weighted by molar-refractivity contribution is 0.0953. The van der Waals surface area contributed by atoms with Gasteiger partial charge in [0.05, 0.1) is 0 Å². The number of urea groups is 1. The van der Waals surface area contributed by atoms with Crippen LogP contribution in [-0.4, -0.2) is 31.1 Å². The quantitative estimate of drug-likeness (QED) is 0.574. The standard InChI is InChI=1S/C18H28N4O2/c19-11-4-12-20-17(23)15-9-7-14(8-10-15)13-21-18(24)22-16-5-2-1-3-6-16/h7-10,16H,1-6,11-13,19H2,(H,20,23)(H2,21,22,24). The summed E-state index contributed by atoms with van der Waals surface area (Å²) in [6.45, 7) is 1.60. The topological polar surface area (TPSA) is 96.2 Å². The second-order valence-corrected chi connectivity index (χ2v) is 6.26. The molecule has 1 aliphatic rings. The van der Waals surface area contributed by atoms with Gasteiger partial charge in [0.15, 0.2) is 0 Å². The van der Waals surface area contributed by atoms with Crippen LogP contribution in [0.25, 0.3) is 0 Å². The number of benzene rings is 1. The van der Waals surface area contributed by atoms with E-state index >= 15 is 0 Å². The Hall–Kier alpha value is -2.08. The first-order valence-electron chi connectivity index (χ1n) is 8.80. The van der Waals surface area contributed by atoms with Crippen LogP contribution in [0, 0.1) is 0 Å². The maximum atomic E-state index is 11.9. The van der Waals surface area contributed by atoms with Crippen molar-refractivity contribution < 1.29 is 9.59 Å². The first kappa shape index (κ1) is 18.3. The normalized spacial score (nSPS) is 14.9. The van der Waals surface area contributed by atoms with E-state index in [1.54, 1.807) is 12.1 Å². The van der Waals surface area contributed by atoms with Gasteiger partial charge in [0.1, 0.15) is 0 Å². The van der Waals surface area contributed by atoms with Gasteiger partial charge in [-0.3, -0.25) is 4.79 Å². The highest BCUT2D eigenvalue weighted by molar-refractivity contribution is 5.94. The zero-order chi connectivity index (χ0) is 17.2. The van der Waals surface area contributed by atoms with Gasteiger partial charge in [0, 0.05) is 24.7 Å². The van der Waals surface area contributed by atoms with Gasteiger partial charge in [-0.1, -0.05) is 31.4 Å². The lowest BCUT2D eigenvalue weighted by atomic mass is 9.96. The maximum Gasteiger partial charge on any atom is 0.315 e. The zero-order valence-corrected chi connectivity index (χ0v) is 14.1. The van der Waals surface area contributed by atoms with Gasteiger partial charge in [0.25, 0.3) is 5.91 Å². The predicted molar refractivity (Wildman–Crippen MR) is 94.7 cm³/mol. The summed E-state index contributed by atoms with van der Waals surface area (Å²) in [6.07, 6.45) is 6.57. The molecular formula is C18H28N4O2. The molecule has 1 aromatic carbocycles. The molecule has 24 heavy (non-hydrogen) atoms. The Morgan fingerprint density at radius 3 is 2.42 bits per heavy atom. The molecule has 1 aliphatic carbocycles. The molecule has 2 rings (SSSR count). The van der Waals surface area contributed by atoms with Crippen molar-refractivity contribution in [3.8, 4) is 0 Å². The minimum atomic E-state index is -0.120. The molecule has 0 aromatic heterocycles. The van der Waals surface area contributed by atoms with E-state index in [0.29, 0.717) is 31.2 Å². The van der Waals surface area contributed by atoms with Crippen molar-refractivity contribution in [3.63, 3.8) is 0 Å². The summed E-state index contributed by atoms with van der Waals surface area (Å²) >= 11 is 0. The highest BCUT2D eigenvalue weighted by Gasteiger charge is 2.15. The molecule has 0 radical (unpaired) electrons. The molecule has 0 unspecified atom stereocenters. The third kappa shape index (κ3) is 6.20. The maximum absolute atomic E-state index is 11.9. The largest absolute Gasteiger partial charge is 0.352 e. The van der Waals surface area contributed by atoms with E-state index in [9.17, 15) is 9.59 Å². The highest BCUT2D eigenvalue weighted by Crippen LogP contribution is 2.17. The average molecular weight is 332 g/mol. The molecule has 1 saturated carbocycles. The van der Waals surface area contributed by atoms with Crippen LogP contribution in [0.15, 0.2) is 24.3 Å². The van der Waals surface area contributed by atoms with E-state index in [4.69, 9.17) is 5.73 Å². The van der Waals surface area contributed by atoms with E-state index < -0.39 is 0 Å². The second-order valence-electron chi connectivity index (χ2n) is 6.26. The Balaban J connectivity index is 1.72. The van der Waals surface area contributed by atoms with Crippen LogP contribution in [-0.2, 0) is 6.54 Å². The molecular weight excluding hydrogens is 304 g/mol. The molecule has 1 aromatic rings. The summed E-state index contributed by atoms with van der Waals surface area (Å²) in [5.74, 6) is -0.0991. The van der Waals surface area contributed by atoms with Crippen molar-refractivity contribution in [2.75, 3.05) is 13.1 Å². The monoisotopic (exact) mass is 332 g/mol. The molecule has 1 fully saturated rings. The fourth-order valence-corrected chi connectivity index (χ4v) is 2.85. The number of nitrogens with one attached hydrogen (secondary N) is 3. The van der Waals surface area contributed by atoms with Gasteiger partial charge in [-0.25, -0.2) is 4.79 Å². The molecule has 6 nitrogen and oxygen atoms in total. The van der Waals surface area contributed by atoms with E-state index in [-0.39, 0.29) is 11.9 Å². The number of nitrogens with two attached hydrogens (primary N) is 1. The summed E-state index contributed by atoms with van der Waals surface area (Å²) in [5.41, 5.74) is 6.98. The van der Waals surface area contributed by atoms with E-state index in [0.717, 1.165) is 24.8 Å². The fourth-order valence-electron chi connectivity index (χ4n) is 2.85. The second kappa shape index (κ2) is 9.93. The van der Waals surface area contributed by atoms with Gasteiger partial charge in [-0.15, -0.1) is 0 Å². The number of carbonyl (C=O) groups is 2. The van der Waals surface area contributed by atoms with Crippen LogP contribution >= 0.6 is 0 Å². The van der Waals surface area contributed by atoms with Crippen LogP contribution in [0.4, 0.5) is 4.79 Å². The van der Waals surface area contributed by atoms with Crippen molar-refractivity contribution in [1.29, 1.82) is 0 Å². The van der Waals surface area contributed by atoms with Gasteiger partial charge >= 0.3 is 6.03 Å². The Morgan fingerprint density at radius 2 is 1.75 bits per heavy atom. The molecule has 0 atom stereocenters. The highest BCUT2D eigenvalue weighted by atomic mass is 16.2. The molecule has 5 N–H and O–H groups in total. The summed E-state index contributed by atoms with van der Waals surface area (Å²) in [4.78, 5) is 23.8. The zero-order valence-electron chi connectivity index (χ0n) is 14.1. The number of rotatable bonds is 7. The Labute approximate surface area is 143 Å². The lowest BCUT2D eigenvalue weighted by Gasteiger charge is -2.22. The smallest absolute Gasteiger partial charge is 0.315 e. The van der Waals surface area contributed by atoms with Crippen LogP contribution in [0.1, 0.15) is 54.4 Å². The Morgan fingerprint density at radius 1 is 1.04 bits per heavy atom. The first-order valence-corrected chi connectivity index (χ1v) is 8.80. The van der Waals surface area contributed by atoms with Gasteiger partial charge in [0.2, 0.25) is 0 Å². The third-order valence-corrected chi connectivity index (χ3v) is 4.28. The van der Waals surface area contributed by atoms with Crippen molar-refractivity contribution >= 4 is 11.9 Å². The van der Waals surface area contributed by atoms with Crippen molar-refractivity contribution in [2.24, 2.45) is 5.73 Å². The van der Waals surface area contributed by atoms with Crippen LogP contribution in [0.2, 0.25) is 0 Å². The summed E-state index contributed by atoms with van der Waals surface area (Å²) in [5, 5.41) is 8.71. The van der Waals surface area contributed by atoms with E-state index in [2.05, 4.69) is 16.0 Å². The van der Waals surface area contributed by atoms with Gasteiger partial charge in [-0.05, 0) is 43.5 Å². The number of carbonyl (C=O) groups excluding carboxylic acids is 2. The van der Waals surface area contributed by atoms with Crippen molar-refractivity contribution in [1.82, 2.24) is 16.0 Å². The summed E-state index contributed by atoms with van der Waals surface area (Å²) in [6, 6.07) is 7.45. The number of hydrogen-bond acceptors (Lipinski definition) is 3. The molecule has 0 aliphatic heterocycles. The number of amides is 3. The van der Waals surface area contributed by atoms with Gasteiger partial charge < -0.3 is 21.7 Å². The SMILES string of the molecule is NCCCNC(=O)c1ccc(CNC(=O)NC2CCCCC2)cc1. The van der Waals surface area contributed by atoms with Crippen molar-refractivity contribution in [3.05, 3.63) is 35.4 Å². The predicted octanol–water partition coefficient (Wildman–Crippen LogP) is 1.90. The first-order chi connectivity index (χ1) is 11.7. The van der Waals surface area contributed by atoms with E-state index in [1.165, 1.54) is 19.3 Å². The minimum Gasteiger partial charge on any atom is -0.352 e. The molecule has 0 bridgehead atoms. The van der Waals surface area contributed by atoms with Crippen molar-refractivity contribution in [2.45, 2.75) is 51.1 Å². The molecule has 0 heterocycles. The molecule has 0 spiro atoms. The summed E-state index contributed by atoms with van der Waals surface area (Å²) < 4.78 is 0. The number of hydrogen-bond donors (Lipinski definition) is 4. The summed E-state index contributed by atoms with van der Waals surface area (Å²) in [7, 11) is 0. The van der Waals surface area contributed by atoms with Crippen LogP contribution in [0.3, 0.4) is 0 Å². The molecule has 132 valence electrons.